The predicted molar refractivity (Wildman–Crippen MR) is 48.9 cm³/mol. The summed E-state index contributed by atoms with van der Waals surface area (Å²) >= 11 is 0. The Labute approximate surface area is 74.5 Å². The van der Waals surface area contributed by atoms with Gasteiger partial charge in [-0.3, -0.25) is 4.79 Å². The predicted octanol–water partition coefficient (Wildman–Crippen LogP) is 2.79. The molecule has 0 saturated heterocycles. The highest BCUT2D eigenvalue weighted by Crippen LogP contribution is 2.42. The van der Waals surface area contributed by atoms with Crippen LogP contribution in [0.4, 0.5) is 0 Å². The molecule has 1 heteroatoms. The lowest BCUT2D eigenvalue weighted by atomic mass is 9.84. The summed E-state index contributed by atoms with van der Waals surface area (Å²) in [5, 5.41) is 0. The van der Waals surface area contributed by atoms with Crippen molar-refractivity contribution in [3.8, 4) is 0 Å². The molecule has 2 fully saturated rings. The molecule has 1 nitrogen and oxygen atoms in total. The van der Waals surface area contributed by atoms with Gasteiger partial charge in [0.1, 0.15) is 5.78 Å². The van der Waals surface area contributed by atoms with E-state index in [0.29, 0.717) is 23.5 Å². The van der Waals surface area contributed by atoms with Gasteiger partial charge in [-0.05, 0) is 25.2 Å². The van der Waals surface area contributed by atoms with Crippen LogP contribution in [0.25, 0.3) is 0 Å². The average molecular weight is 166 g/mol. The Morgan fingerprint density at radius 3 is 2.25 bits per heavy atom. The van der Waals surface area contributed by atoms with E-state index >= 15 is 0 Å². The fourth-order valence-corrected chi connectivity index (χ4v) is 2.41. The Kier molecular flexibility index (Phi) is 2.20. The molecular formula is C11H18O. The van der Waals surface area contributed by atoms with E-state index in [9.17, 15) is 4.79 Å². The van der Waals surface area contributed by atoms with Gasteiger partial charge in [-0.25, -0.2) is 0 Å². The number of hydrogen-bond donors (Lipinski definition) is 0. The van der Waals surface area contributed by atoms with Crippen molar-refractivity contribution in [1.82, 2.24) is 0 Å². The molecule has 0 radical (unpaired) electrons. The zero-order valence-electron chi connectivity index (χ0n) is 7.88. The van der Waals surface area contributed by atoms with Crippen LogP contribution in [0, 0.1) is 17.8 Å². The van der Waals surface area contributed by atoms with Gasteiger partial charge in [0, 0.05) is 11.8 Å². The van der Waals surface area contributed by atoms with Crippen LogP contribution in [0.3, 0.4) is 0 Å². The van der Waals surface area contributed by atoms with Crippen LogP contribution in [0.15, 0.2) is 0 Å². The van der Waals surface area contributed by atoms with Crippen molar-refractivity contribution in [2.45, 2.75) is 45.4 Å². The van der Waals surface area contributed by atoms with Crippen molar-refractivity contribution in [2.75, 3.05) is 0 Å². The SMILES string of the molecule is CC1CC1C(=O)C1CCCCC1. The van der Waals surface area contributed by atoms with Crippen LogP contribution in [-0.2, 0) is 4.79 Å². The maximum atomic E-state index is 11.8. The highest BCUT2D eigenvalue weighted by atomic mass is 16.1. The summed E-state index contributed by atoms with van der Waals surface area (Å²) in [6, 6.07) is 0. The van der Waals surface area contributed by atoms with Crippen molar-refractivity contribution in [1.29, 1.82) is 0 Å². The van der Waals surface area contributed by atoms with Gasteiger partial charge in [-0.15, -0.1) is 0 Å². The molecule has 0 aliphatic heterocycles. The number of hydrogen-bond acceptors (Lipinski definition) is 1. The lowest BCUT2D eigenvalue weighted by Gasteiger charge is -2.20. The first-order valence-electron chi connectivity index (χ1n) is 5.33. The Bertz CT molecular complexity index is 179. The summed E-state index contributed by atoms with van der Waals surface area (Å²) < 4.78 is 0. The van der Waals surface area contributed by atoms with E-state index < -0.39 is 0 Å². The molecule has 0 aromatic rings. The van der Waals surface area contributed by atoms with Crippen LogP contribution in [0.2, 0.25) is 0 Å². The van der Waals surface area contributed by atoms with Crippen molar-refractivity contribution in [3.63, 3.8) is 0 Å². The first-order valence-corrected chi connectivity index (χ1v) is 5.33. The standard InChI is InChI=1S/C11H18O/c1-8-7-10(8)11(12)9-5-3-2-4-6-9/h8-10H,2-7H2,1H3. The van der Waals surface area contributed by atoms with E-state index in [0.717, 1.165) is 0 Å². The second-order valence-electron chi connectivity index (χ2n) is 4.56. The van der Waals surface area contributed by atoms with E-state index in [4.69, 9.17) is 0 Å². The molecule has 12 heavy (non-hydrogen) atoms. The molecule has 2 atom stereocenters. The van der Waals surface area contributed by atoms with Crippen LogP contribution in [0.1, 0.15) is 45.4 Å². The molecule has 2 unspecified atom stereocenters. The Morgan fingerprint density at radius 1 is 1.17 bits per heavy atom. The molecule has 0 N–H and O–H groups in total. The van der Waals surface area contributed by atoms with Gasteiger partial charge in [0.25, 0.3) is 0 Å². The van der Waals surface area contributed by atoms with E-state index in [2.05, 4.69) is 6.92 Å². The third-order valence-corrected chi connectivity index (χ3v) is 3.48. The van der Waals surface area contributed by atoms with Gasteiger partial charge in [0.15, 0.2) is 0 Å². The molecular weight excluding hydrogens is 148 g/mol. The molecule has 0 spiro atoms. The van der Waals surface area contributed by atoms with Crippen LogP contribution in [-0.4, -0.2) is 5.78 Å². The summed E-state index contributed by atoms with van der Waals surface area (Å²) in [4.78, 5) is 11.8. The van der Waals surface area contributed by atoms with Crippen LogP contribution >= 0.6 is 0 Å². The Hall–Kier alpha value is -0.330. The summed E-state index contributed by atoms with van der Waals surface area (Å²) in [5.74, 6) is 2.23. The number of carbonyl (C=O) groups is 1. The monoisotopic (exact) mass is 166 g/mol. The molecule has 0 heterocycles. The van der Waals surface area contributed by atoms with Crippen LogP contribution in [0.5, 0.6) is 0 Å². The lowest BCUT2D eigenvalue weighted by molar-refractivity contribution is -0.125. The summed E-state index contributed by atoms with van der Waals surface area (Å²) in [5.41, 5.74) is 0. The first-order chi connectivity index (χ1) is 5.79. The molecule has 0 aromatic carbocycles. The number of rotatable bonds is 2. The van der Waals surface area contributed by atoms with E-state index in [1.54, 1.807) is 0 Å². The smallest absolute Gasteiger partial charge is 0.139 e. The lowest BCUT2D eigenvalue weighted by Crippen LogP contribution is -2.19. The fourth-order valence-electron chi connectivity index (χ4n) is 2.41. The fraction of sp³-hybridized carbons (Fsp3) is 0.909. The van der Waals surface area contributed by atoms with Gasteiger partial charge < -0.3 is 0 Å². The van der Waals surface area contributed by atoms with E-state index in [1.807, 2.05) is 0 Å². The zero-order valence-corrected chi connectivity index (χ0v) is 7.88. The third kappa shape index (κ3) is 1.55. The quantitative estimate of drug-likeness (QED) is 0.616. The molecule has 2 aliphatic rings. The Morgan fingerprint density at radius 2 is 1.75 bits per heavy atom. The van der Waals surface area contributed by atoms with Gasteiger partial charge in [-0.1, -0.05) is 26.2 Å². The van der Waals surface area contributed by atoms with Crippen LogP contribution < -0.4 is 0 Å². The maximum Gasteiger partial charge on any atom is 0.139 e. The first kappa shape index (κ1) is 8.28. The molecule has 68 valence electrons. The number of carbonyl (C=O) groups excluding carboxylic acids is 1. The second-order valence-corrected chi connectivity index (χ2v) is 4.56. The number of Topliss-reactive ketones (excluding diaryl/α,β-unsaturated/α-hetero) is 1. The summed E-state index contributed by atoms with van der Waals surface area (Å²) in [7, 11) is 0. The highest BCUT2D eigenvalue weighted by molar-refractivity contribution is 5.85. The third-order valence-electron chi connectivity index (χ3n) is 3.48. The minimum absolute atomic E-state index is 0.452. The van der Waals surface area contributed by atoms with Crippen molar-refractivity contribution < 1.29 is 4.79 Å². The van der Waals surface area contributed by atoms with Gasteiger partial charge >= 0.3 is 0 Å². The molecule has 0 bridgehead atoms. The molecule has 0 amide bonds. The molecule has 0 aromatic heterocycles. The van der Waals surface area contributed by atoms with Crippen molar-refractivity contribution in [3.05, 3.63) is 0 Å². The minimum Gasteiger partial charge on any atom is -0.299 e. The van der Waals surface area contributed by atoms with Gasteiger partial charge in [0.2, 0.25) is 0 Å². The molecule has 2 aliphatic carbocycles. The van der Waals surface area contributed by atoms with Gasteiger partial charge in [-0.2, -0.15) is 0 Å². The summed E-state index contributed by atoms with van der Waals surface area (Å²) in [6.07, 6.45) is 7.47. The second kappa shape index (κ2) is 3.20. The van der Waals surface area contributed by atoms with Gasteiger partial charge in [0.05, 0.1) is 0 Å². The average Bonchev–Trinajstić information content (AvgIpc) is 2.83. The minimum atomic E-state index is 0.452. The summed E-state index contributed by atoms with van der Waals surface area (Å²) in [6.45, 7) is 2.20. The number of ketones is 1. The zero-order chi connectivity index (χ0) is 8.55. The topological polar surface area (TPSA) is 17.1 Å². The van der Waals surface area contributed by atoms with Crippen molar-refractivity contribution in [2.24, 2.45) is 17.8 Å². The highest BCUT2D eigenvalue weighted by Gasteiger charge is 2.41. The van der Waals surface area contributed by atoms with E-state index in [1.165, 1.54) is 38.5 Å². The molecule has 2 rings (SSSR count). The maximum absolute atomic E-state index is 11.8. The van der Waals surface area contributed by atoms with E-state index in [-0.39, 0.29) is 0 Å². The van der Waals surface area contributed by atoms with Crippen molar-refractivity contribution >= 4 is 5.78 Å². The molecule has 2 saturated carbocycles. The largest absolute Gasteiger partial charge is 0.299 e. The normalized spacial score (nSPS) is 36.4. The Balaban J connectivity index is 1.86.